The van der Waals surface area contributed by atoms with Gasteiger partial charge in [0.1, 0.15) is 0 Å². The molecule has 1 aliphatic heterocycles. The number of hydrogen-bond acceptors (Lipinski definition) is 3. The van der Waals surface area contributed by atoms with Gasteiger partial charge >= 0.3 is 0 Å². The van der Waals surface area contributed by atoms with E-state index in [-0.39, 0.29) is 6.04 Å². The van der Waals surface area contributed by atoms with Crippen molar-refractivity contribution in [2.75, 3.05) is 20.1 Å². The Labute approximate surface area is 177 Å². The highest BCUT2D eigenvalue weighted by atomic mass is 16.2. The van der Waals surface area contributed by atoms with Gasteiger partial charge in [0.05, 0.1) is 6.04 Å². The molecule has 2 atom stereocenters. The van der Waals surface area contributed by atoms with Crippen LogP contribution in [0.15, 0.2) is 4.99 Å². The van der Waals surface area contributed by atoms with Gasteiger partial charge in [-0.1, -0.05) is 45.4 Å². The molecule has 6 nitrogen and oxygen atoms in total. The number of nitrogens with two attached hydrogens (primary N) is 1. The molecule has 0 aromatic heterocycles. The van der Waals surface area contributed by atoms with Gasteiger partial charge in [0.25, 0.3) is 0 Å². The third kappa shape index (κ3) is 8.35. The quantitative estimate of drug-likeness (QED) is 0.339. The lowest BCUT2D eigenvalue weighted by Crippen LogP contribution is -2.41. The molecule has 1 saturated heterocycles. The van der Waals surface area contributed by atoms with Crippen LogP contribution < -0.4 is 5.73 Å². The van der Waals surface area contributed by atoms with Gasteiger partial charge in [0.2, 0.25) is 12.3 Å². The van der Waals surface area contributed by atoms with Crippen LogP contribution >= 0.6 is 0 Å². The third-order valence-electron chi connectivity index (χ3n) is 6.69. The van der Waals surface area contributed by atoms with E-state index in [1.54, 1.807) is 7.05 Å². The number of carbonyl (C=O) groups is 2. The van der Waals surface area contributed by atoms with Gasteiger partial charge in [0, 0.05) is 26.6 Å². The first-order chi connectivity index (χ1) is 14.0. The molecule has 29 heavy (non-hydrogen) atoms. The van der Waals surface area contributed by atoms with E-state index in [4.69, 9.17) is 10.7 Å². The van der Waals surface area contributed by atoms with Gasteiger partial charge in [-0.05, 0) is 50.4 Å². The number of guanidine groups is 1. The van der Waals surface area contributed by atoms with Crippen molar-refractivity contribution in [3.8, 4) is 0 Å². The summed E-state index contributed by atoms with van der Waals surface area (Å²) in [5.41, 5.74) is 6.05. The minimum Gasteiger partial charge on any atom is -0.369 e. The fourth-order valence-corrected chi connectivity index (χ4v) is 4.83. The van der Waals surface area contributed by atoms with Crippen LogP contribution in [0.4, 0.5) is 0 Å². The first-order valence-electron chi connectivity index (χ1n) is 11.8. The summed E-state index contributed by atoms with van der Waals surface area (Å²) in [5.74, 6) is 1.90. The molecule has 2 aliphatic rings. The molecule has 2 amide bonds. The average molecular weight is 407 g/mol. The van der Waals surface area contributed by atoms with E-state index >= 15 is 0 Å². The van der Waals surface area contributed by atoms with Crippen LogP contribution in [-0.4, -0.2) is 54.3 Å². The van der Waals surface area contributed by atoms with Crippen molar-refractivity contribution in [2.45, 2.75) is 96.4 Å². The Morgan fingerprint density at radius 1 is 1.21 bits per heavy atom. The second kappa shape index (κ2) is 12.9. The van der Waals surface area contributed by atoms with Crippen molar-refractivity contribution in [3.63, 3.8) is 0 Å². The van der Waals surface area contributed by atoms with Crippen LogP contribution in [0.1, 0.15) is 90.4 Å². The molecule has 166 valence electrons. The van der Waals surface area contributed by atoms with Gasteiger partial charge in [-0.25, -0.2) is 4.99 Å². The number of carbonyl (C=O) groups excluding carboxylic acids is 2. The van der Waals surface area contributed by atoms with E-state index in [9.17, 15) is 9.59 Å². The lowest BCUT2D eigenvalue weighted by Gasteiger charge is -2.34. The SMILES string of the molecule is CCCCC(=O)N1CCCC(C[C@@H](CCC2CCCCC2)N=C(N)N(C)C=O)C1. The topological polar surface area (TPSA) is 79.0 Å². The Morgan fingerprint density at radius 3 is 2.62 bits per heavy atom. The predicted molar refractivity (Wildman–Crippen MR) is 118 cm³/mol. The van der Waals surface area contributed by atoms with Crippen molar-refractivity contribution in [2.24, 2.45) is 22.6 Å². The molecule has 1 heterocycles. The monoisotopic (exact) mass is 406 g/mol. The largest absolute Gasteiger partial charge is 0.369 e. The highest BCUT2D eigenvalue weighted by molar-refractivity contribution is 5.87. The van der Waals surface area contributed by atoms with E-state index in [1.807, 2.05) is 0 Å². The molecule has 0 bridgehead atoms. The van der Waals surface area contributed by atoms with Crippen LogP contribution in [0, 0.1) is 11.8 Å². The smallest absolute Gasteiger partial charge is 0.222 e. The minimum atomic E-state index is 0.134. The summed E-state index contributed by atoms with van der Waals surface area (Å²) in [6.45, 7) is 3.87. The Morgan fingerprint density at radius 2 is 1.93 bits per heavy atom. The van der Waals surface area contributed by atoms with Crippen molar-refractivity contribution in [1.29, 1.82) is 0 Å². The molecule has 1 unspecified atom stereocenters. The van der Waals surface area contributed by atoms with Crippen LogP contribution in [0.25, 0.3) is 0 Å². The fraction of sp³-hybridized carbons (Fsp3) is 0.870. The zero-order chi connectivity index (χ0) is 21.1. The second-order valence-electron chi connectivity index (χ2n) is 9.13. The maximum absolute atomic E-state index is 12.5. The Hall–Kier alpha value is -1.59. The molecular formula is C23H42N4O2. The lowest BCUT2D eigenvalue weighted by molar-refractivity contribution is -0.133. The lowest BCUT2D eigenvalue weighted by atomic mass is 9.83. The molecule has 1 saturated carbocycles. The molecule has 2 rings (SSSR count). The first kappa shape index (κ1) is 23.7. The maximum atomic E-state index is 12.5. The summed E-state index contributed by atoms with van der Waals surface area (Å²) >= 11 is 0. The molecule has 0 radical (unpaired) electrons. The highest BCUT2D eigenvalue weighted by Crippen LogP contribution is 2.30. The van der Waals surface area contributed by atoms with E-state index in [0.717, 1.165) is 57.5 Å². The summed E-state index contributed by atoms with van der Waals surface area (Å²) in [4.78, 5) is 31.7. The summed E-state index contributed by atoms with van der Waals surface area (Å²) < 4.78 is 0. The number of nitrogens with zero attached hydrogens (tertiary/aromatic N) is 3. The highest BCUT2D eigenvalue weighted by Gasteiger charge is 2.26. The van der Waals surface area contributed by atoms with Crippen molar-refractivity contribution in [1.82, 2.24) is 9.80 Å². The van der Waals surface area contributed by atoms with Crippen LogP contribution in [0.2, 0.25) is 0 Å². The van der Waals surface area contributed by atoms with Crippen molar-refractivity contribution >= 4 is 18.3 Å². The van der Waals surface area contributed by atoms with Crippen molar-refractivity contribution in [3.05, 3.63) is 0 Å². The van der Waals surface area contributed by atoms with Gasteiger partial charge in [-0.2, -0.15) is 0 Å². The fourth-order valence-electron chi connectivity index (χ4n) is 4.83. The number of amides is 2. The van der Waals surface area contributed by atoms with Crippen LogP contribution in [0.5, 0.6) is 0 Å². The number of rotatable bonds is 10. The number of piperidine rings is 1. The normalized spacial score (nSPS) is 22.3. The molecule has 1 aliphatic carbocycles. The zero-order valence-corrected chi connectivity index (χ0v) is 18.7. The molecular weight excluding hydrogens is 364 g/mol. The molecule has 0 spiro atoms. The number of hydrogen-bond donors (Lipinski definition) is 1. The molecule has 2 N–H and O–H groups in total. The van der Waals surface area contributed by atoms with Gasteiger partial charge in [-0.15, -0.1) is 0 Å². The van der Waals surface area contributed by atoms with E-state index in [2.05, 4.69) is 11.8 Å². The van der Waals surface area contributed by atoms with Gasteiger partial charge in [0.15, 0.2) is 5.96 Å². The molecule has 6 heteroatoms. The summed E-state index contributed by atoms with van der Waals surface area (Å²) in [7, 11) is 1.65. The number of unbranched alkanes of at least 4 members (excludes halogenated alkanes) is 1. The van der Waals surface area contributed by atoms with Crippen molar-refractivity contribution < 1.29 is 9.59 Å². The van der Waals surface area contributed by atoms with E-state index in [0.29, 0.717) is 30.6 Å². The Bertz CT molecular complexity index is 531. The second-order valence-corrected chi connectivity index (χ2v) is 9.13. The summed E-state index contributed by atoms with van der Waals surface area (Å²) in [6.07, 6.45) is 15.6. The van der Waals surface area contributed by atoms with Gasteiger partial charge < -0.3 is 10.6 Å². The minimum absolute atomic E-state index is 0.134. The maximum Gasteiger partial charge on any atom is 0.222 e. The van der Waals surface area contributed by atoms with E-state index < -0.39 is 0 Å². The standard InChI is InChI=1S/C23H42N4O2/c1-3-4-12-22(29)27-15-8-11-20(17-27)16-21(25-23(24)26(2)18-28)14-13-19-9-6-5-7-10-19/h18-21H,3-17H2,1-2H3,(H2,24,25)/t20?,21-/m1/s1. The summed E-state index contributed by atoms with van der Waals surface area (Å²) in [6, 6.07) is 0.134. The van der Waals surface area contributed by atoms with Crippen LogP contribution in [0.3, 0.4) is 0 Å². The predicted octanol–water partition coefficient (Wildman–Crippen LogP) is 3.94. The number of likely N-dealkylation sites (tertiary alicyclic amines) is 1. The average Bonchev–Trinajstić information content (AvgIpc) is 2.76. The van der Waals surface area contributed by atoms with E-state index in [1.165, 1.54) is 43.4 Å². The summed E-state index contributed by atoms with van der Waals surface area (Å²) in [5, 5.41) is 0. The van der Waals surface area contributed by atoms with Crippen LogP contribution in [-0.2, 0) is 9.59 Å². The molecule has 2 fully saturated rings. The van der Waals surface area contributed by atoms with Gasteiger partial charge in [-0.3, -0.25) is 14.5 Å². The Kier molecular flexibility index (Phi) is 10.5. The Balaban J connectivity index is 1.95. The number of aliphatic imine (C=N–C) groups is 1. The molecule has 0 aromatic carbocycles. The zero-order valence-electron chi connectivity index (χ0n) is 18.7. The first-order valence-corrected chi connectivity index (χ1v) is 11.8. The molecule has 0 aromatic rings. The third-order valence-corrected chi connectivity index (χ3v) is 6.69.